The summed E-state index contributed by atoms with van der Waals surface area (Å²) in [5.74, 6) is 0.656. The van der Waals surface area contributed by atoms with Crippen LogP contribution >= 0.6 is 0 Å². The van der Waals surface area contributed by atoms with E-state index in [9.17, 15) is 8.42 Å². The van der Waals surface area contributed by atoms with Crippen molar-refractivity contribution in [2.75, 3.05) is 18.5 Å². The van der Waals surface area contributed by atoms with Crippen LogP contribution in [0.5, 0.6) is 5.75 Å². The first kappa shape index (κ1) is 17.3. The number of anilines is 1. The summed E-state index contributed by atoms with van der Waals surface area (Å²) in [5, 5.41) is 1.43. The molecule has 0 saturated carbocycles. The Kier molecular flexibility index (Phi) is 4.43. The first-order valence-electron chi connectivity index (χ1n) is 7.98. The van der Waals surface area contributed by atoms with E-state index in [4.69, 9.17) is 4.74 Å². The molecule has 3 aromatic carbocycles. The predicted octanol–water partition coefficient (Wildman–Crippen LogP) is 4.29. The van der Waals surface area contributed by atoms with Gasteiger partial charge in [0.25, 0.3) is 10.0 Å². The van der Waals surface area contributed by atoms with Gasteiger partial charge in [-0.15, -0.1) is 0 Å². The number of fused-ring (bicyclic) bond motifs is 1. The summed E-state index contributed by atoms with van der Waals surface area (Å²) in [6.07, 6.45) is 0. The van der Waals surface area contributed by atoms with E-state index in [0.29, 0.717) is 16.8 Å². The molecule has 3 aromatic rings. The van der Waals surface area contributed by atoms with Crippen LogP contribution in [0.1, 0.15) is 11.1 Å². The molecule has 0 atom stereocenters. The van der Waals surface area contributed by atoms with Crippen LogP contribution < -0.4 is 9.04 Å². The van der Waals surface area contributed by atoms with E-state index in [-0.39, 0.29) is 4.90 Å². The van der Waals surface area contributed by atoms with E-state index >= 15 is 0 Å². The Morgan fingerprint density at radius 3 is 2.28 bits per heavy atom. The third-order valence-corrected chi connectivity index (χ3v) is 6.24. The molecule has 25 heavy (non-hydrogen) atoms. The highest BCUT2D eigenvalue weighted by molar-refractivity contribution is 7.93. The van der Waals surface area contributed by atoms with Crippen molar-refractivity contribution in [2.45, 2.75) is 18.7 Å². The highest BCUT2D eigenvalue weighted by atomic mass is 32.2. The Morgan fingerprint density at radius 2 is 1.60 bits per heavy atom. The highest BCUT2D eigenvalue weighted by Crippen LogP contribution is 2.34. The molecule has 0 aliphatic carbocycles. The second kappa shape index (κ2) is 6.41. The second-order valence-electron chi connectivity index (χ2n) is 6.07. The van der Waals surface area contributed by atoms with Gasteiger partial charge in [0, 0.05) is 17.8 Å². The van der Waals surface area contributed by atoms with Gasteiger partial charge in [0.2, 0.25) is 0 Å². The average Bonchev–Trinajstić information content (AvgIpc) is 2.62. The molecule has 0 N–H and O–H groups in total. The fourth-order valence-corrected chi connectivity index (χ4v) is 4.43. The molecule has 0 spiro atoms. The summed E-state index contributed by atoms with van der Waals surface area (Å²) >= 11 is 0. The van der Waals surface area contributed by atoms with Crippen molar-refractivity contribution in [2.24, 2.45) is 0 Å². The Morgan fingerprint density at radius 1 is 0.920 bits per heavy atom. The van der Waals surface area contributed by atoms with E-state index < -0.39 is 10.0 Å². The molecule has 0 aromatic heterocycles. The molecular weight excluding hydrogens is 334 g/mol. The van der Waals surface area contributed by atoms with Crippen LogP contribution in [0.15, 0.2) is 59.5 Å². The van der Waals surface area contributed by atoms with Gasteiger partial charge in [-0.05, 0) is 43.2 Å². The van der Waals surface area contributed by atoms with Gasteiger partial charge in [0.1, 0.15) is 5.75 Å². The summed E-state index contributed by atoms with van der Waals surface area (Å²) in [5.41, 5.74) is 2.61. The van der Waals surface area contributed by atoms with Crippen molar-refractivity contribution >= 4 is 26.5 Å². The van der Waals surface area contributed by atoms with Crippen molar-refractivity contribution < 1.29 is 13.2 Å². The van der Waals surface area contributed by atoms with Crippen LogP contribution in [-0.2, 0) is 10.0 Å². The molecule has 5 heteroatoms. The van der Waals surface area contributed by atoms with E-state index in [1.54, 1.807) is 26.3 Å². The lowest BCUT2D eigenvalue weighted by molar-refractivity contribution is 0.419. The molecule has 0 aliphatic heterocycles. The average molecular weight is 355 g/mol. The van der Waals surface area contributed by atoms with Crippen molar-refractivity contribution in [3.8, 4) is 5.75 Å². The zero-order valence-electron chi connectivity index (χ0n) is 14.8. The van der Waals surface area contributed by atoms with Crippen molar-refractivity contribution in [1.29, 1.82) is 0 Å². The molecule has 0 heterocycles. The lowest BCUT2D eigenvalue weighted by Gasteiger charge is -2.23. The number of rotatable bonds is 4. The molecule has 4 nitrogen and oxygen atoms in total. The van der Waals surface area contributed by atoms with Gasteiger partial charge >= 0.3 is 0 Å². The predicted molar refractivity (Wildman–Crippen MR) is 102 cm³/mol. The quantitative estimate of drug-likeness (QED) is 0.701. The van der Waals surface area contributed by atoms with Crippen LogP contribution in [-0.4, -0.2) is 22.6 Å². The lowest BCUT2D eigenvalue weighted by Crippen LogP contribution is -2.27. The summed E-state index contributed by atoms with van der Waals surface area (Å²) in [4.78, 5) is 0.271. The number of sulfonamides is 1. The third kappa shape index (κ3) is 2.96. The lowest BCUT2D eigenvalue weighted by atomic mass is 10.1. The Hall–Kier alpha value is -2.53. The Bertz CT molecular complexity index is 1040. The number of hydrogen-bond acceptors (Lipinski definition) is 3. The number of nitrogens with zero attached hydrogens (tertiary/aromatic N) is 1. The maximum Gasteiger partial charge on any atom is 0.264 e. The second-order valence-corrected chi connectivity index (χ2v) is 8.01. The minimum atomic E-state index is -3.71. The summed E-state index contributed by atoms with van der Waals surface area (Å²) in [7, 11) is -0.530. The van der Waals surface area contributed by atoms with Crippen LogP contribution in [0, 0.1) is 13.8 Å². The molecule has 0 aliphatic rings. The molecule has 0 unspecified atom stereocenters. The fraction of sp³-hybridized carbons (Fsp3) is 0.200. The number of methoxy groups -OCH3 is 1. The minimum absolute atomic E-state index is 0.271. The topological polar surface area (TPSA) is 46.6 Å². The molecule has 0 bridgehead atoms. The molecule has 0 saturated heterocycles. The monoisotopic (exact) mass is 355 g/mol. The number of ether oxygens (including phenoxy) is 1. The number of benzene rings is 3. The van der Waals surface area contributed by atoms with Gasteiger partial charge in [-0.3, -0.25) is 4.31 Å². The van der Waals surface area contributed by atoms with E-state index in [2.05, 4.69) is 0 Å². The summed E-state index contributed by atoms with van der Waals surface area (Å²) < 4.78 is 33.3. The van der Waals surface area contributed by atoms with Gasteiger partial charge in [-0.1, -0.05) is 36.4 Å². The van der Waals surface area contributed by atoms with Gasteiger partial charge in [0.15, 0.2) is 0 Å². The van der Waals surface area contributed by atoms with Crippen molar-refractivity contribution in [3.63, 3.8) is 0 Å². The first-order valence-corrected chi connectivity index (χ1v) is 9.42. The highest BCUT2D eigenvalue weighted by Gasteiger charge is 2.25. The molecule has 130 valence electrons. The smallest absolute Gasteiger partial charge is 0.264 e. The van der Waals surface area contributed by atoms with Gasteiger partial charge in [-0.25, -0.2) is 8.42 Å². The van der Waals surface area contributed by atoms with Crippen molar-refractivity contribution in [1.82, 2.24) is 0 Å². The maximum absolute atomic E-state index is 13.3. The largest absolute Gasteiger partial charge is 0.496 e. The van der Waals surface area contributed by atoms with Crippen molar-refractivity contribution in [3.05, 3.63) is 65.7 Å². The van der Waals surface area contributed by atoms with Gasteiger partial charge < -0.3 is 4.74 Å². The van der Waals surface area contributed by atoms with Crippen LogP contribution in [0.2, 0.25) is 0 Å². The first-order chi connectivity index (χ1) is 11.9. The van der Waals surface area contributed by atoms with Gasteiger partial charge in [-0.2, -0.15) is 0 Å². The van der Waals surface area contributed by atoms with E-state index in [0.717, 1.165) is 16.5 Å². The van der Waals surface area contributed by atoms with E-state index in [1.165, 1.54) is 4.31 Å². The fourth-order valence-electron chi connectivity index (χ4n) is 2.98. The summed E-state index contributed by atoms with van der Waals surface area (Å²) in [6, 6.07) is 16.5. The summed E-state index contributed by atoms with van der Waals surface area (Å²) in [6.45, 7) is 3.86. The van der Waals surface area contributed by atoms with Gasteiger partial charge in [0.05, 0.1) is 17.7 Å². The molecule has 0 fully saturated rings. The molecular formula is C20H21NO3S. The van der Waals surface area contributed by atoms with Crippen LogP contribution in [0.25, 0.3) is 10.8 Å². The molecule has 3 rings (SSSR count). The third-order valence-electron chi connectivity index (χ3n) is 4.41. The number of aryl methyl sites for hydroxylation is 2. The zero-order chi connectivity index (χ0) is 18.2. The standard InChI is InChI=1S/C20H21NO3S/c1-14-9-10-15(2)18(13-14)21(3)25(22,23)20-12-11-19(24-4)16-7-5-6-8-17(16)20/h5-13H,1-4H3. The Labute approximate surface area is 148 Å². The number of hydrogen-bond donors (Lipinski definition) is 0. The van der Waals surface area contributed by atoms with Crippen LogP contribution in [0.4, 0.5) is 5.69 Å². The van der Waals surface area contributed by atoms with Crippen LogP contribution in [0.3, 0.4) is 0 Å². The maximum atomic E-state index is 13.3. The zero-order valence-corrected chi connectivity index (χ0v) is 15.6. The minimum Gasteiger partial charge on any atom is -0.496 e. The normalized spacial score (nSPS) is 11.5. The Balaban J connectivity index is 2.21. The van der Waals surface area contributed by atoms with E-state index in [1.807, 2.05) is 56.3 Å². The SMILES string of the molecule is COc1ccc(S(=O)(=O)N(C)c2cc(C)ccc2C)c2ccccc12. The molecule has 0 amide bonds. The molecule has 0 radical (unpaired) electrons.